The zero-order chi connectivity index (χ0) is 17.6. The summed E-state index contributed by atoms with van der Waals surface area (Å²) in [5, 5.41) is 7.32. The Balaban J connectivity index is 1.42. The maximum atomic E-state index is 12.2. The van der Waals surface area contributed by atoms with E-state index in [4.69, 9.17) is 0 Å². The third-order valence-corrected chi connectivity index (χ3v) is 4.97. The molecule has 138 valence electrons. The number of carbonyl (C=O) groups is 2. The average Bonchev–Trinajstić information content (AvgIpc) is 2.80. The van der Waals surface area contributed by atoms with Gasteiger partial charge in [-0.05, 0) is 45.8 Å². The number of amides is 2. The van der Waals surface area contributed by atoms with Crippen molar-refractivity contribution in [3.63, 3.8) is 0 Å². The van der Waals surface area contributed by atoms with Crippen molar-refractivity contribution in [2.75, 3.05) is 37.6 Å². The molecule has 0 aromatic carbocycles. The van der Waals surface area contributed by atoms with E-state index in [1.54, 1.807) is 4.90 Å². The van der Waals surface area contributed by atoms with Gasteiger partial charge in [0.25, 0.3) is 0 Å². The Morgan fingerprint density at radius 1 is 1.20 bits per heavy atom. The number of nitrogens with zero attached hydrogens (tertiary/aromatic N) is 4. The van der Waals surface area contributed by atoms with Gasteiger partial charge in [-0.2, -0.15) is 5.10 Å². The quantitative estimate of drug-likeness (QED) is 0.788. The van der Waals surface area contributed by atoms with Crippen molar-refractivity contribution in [2.45, 2.75) is 52.0 Å². The first kappa shape index (κ1) is 17.9. The highest BCUT2D eigenvalue weighted by molar-refractivity contribution is 5.98. The number of hydrogen-bond acceptors (Lipinski definition) is 4. The molecule has 7 nitrogen and oxygen atoms in total. The van der Waals surface area contributed by atoms with Crippen molar-refractivity contribution < 1.29 is 9.59 Å². The maximum absolute atomic E-state index is 12.2. The van der Waals surface area contributed by atoms with E-state index in [0.29, 0.717) is 19.5 Å². The molecule has 0 unspecified atom stereocenters. The number of hydrogen-bond donors (Lipinski definition) is 1. The lowest BCUT2D eigenvalue weighted by Gasteiger charge is -2.27. The molecule has 0 spiro atoms. The molecule has 0 saturated carbocycles. The average molecular weight is 347 g/mol. The topological polar surface area (TPSA) is 70.5 Å². The predicted octanol–water partition coefficient (Wildman–Crippen LogP) is 1.31. The van der Waals surface area contributed by atoms with E-state index < -0.39 is 0 Å². The second kappa shape index (κ2) is 8.47. The molecule has 2 amide bonds. The third kappa shape index (κ3) is 4.81. The summed E-state index contributed by atoms with van der Waals surface area (Å²) in [6.07, 6.45) is 6.61. The summed E-state index contributed by atoms with van der Waals surface area (Å²) in [4.78, 5) is 28.4. The standard InChI is InChI=1S/C18H29N5O2/c1-15-13-17-22(18(25)7-12-23(17)20-15)14-16(24)19-8-6-11-21-9-4-2-3-5-10-21/h13H,2-12,14H2,1H3,(H,19,24). The zero-order valence-corrected chi connectivity index (χ0v) is 15.2. The minimum Gasteiger partial charge on any atom is -0.354 e. The molecule has 0 aliphatic carbocycles. The fraction of sp³-hybridized carbons (Fsp3) is 0.722. The smallest absolute Gasteiger partial charge is 0.240 e. The molecule has 7 heteroatoms. The Labute approximate surface area is 149 Å². The lowest BCUT2D eigenvalue weighted by Crippen LogP contribution is -2.44. The third-order valence-electron chi connectivity index (χ3n) is 4.97. The fourth-order valence-corrected chi connectivity index (χ4v) is 3.64. The number of anilines is 1. The summed E-state index contributed by atoms with van der Waals surface area (Å²) in [6, 6.07) is 1.86. The van der Waals surface area contributed by atoms with Crippen molar-refractivity contribution in [3.05, 3.63) is 11.8 Å². The second-order valence-corrected chi connectivity index (χ2v) is 7.06. The first-order chi connectivity index (χ1) is 12.1. The van der Waals surface area contributed by atoms with E-state index in [0.717, 1.165) is 24.5 Å². The van der Waals surface area contributed by atoms with Crippen molar-refractivity contribution in [1.29, 1.82) is 0 Å². The molecule has 1 aromatic heterocycles. The molecular formula is C18H29N5O2. The predicted molar refractivity (Wildman–Crippen MR) is 96.5 cm³/mol. The van der Waals surface area contributed by atoms with Crippen molar-refractivity contribution in [2.24, 2.45) is 0 Å². The van der Waals surface area contributed by atoms with Gasteiger partial charge in [-0.25, -0.2) is 4.68 Å². The van der Waals surface area contributed by atoms with Gasteiger partial charge in [0, 0.05) is 19.0 Å². The lowest BCUT2D eigenvalue weighted by atomic mass is 10.2. The number of carbonyl (C=O) groups excluding carboxylic acids is 2. The molecule has 1 aromatic rings. The van der Waals surface area contributed by atoms with Crippen LogP contribution in [0.1, 0.15) is 44.2 Å². The molecule has 1 N–H and O–H groups in total. The number of rotatable bonds is 6. The lowest BCUT2D eigenvalue weighted by molar-refractivity contribution is -0.124. The van der Waals surface area contributed by atoms with Crippen LogP contribution in [0.4, 0.5) is 5.82 Å². The van der Waals surface area contributed by atoms with Crippen LogP contribution in [0.25, 0.3) is 0 Å². The Morgan fingerprint density at radius 3 is 2.72 bits per heavy atom. The van der Waals surface area contributed by atoms with Gasteiger partial charge in [0.2, 0.25) is 11.8 Å². The van der Waals surface area contributed by atoms with Crippen molar-refractivity contribution in [3.8, 4) is 0 Å². The summed E-state index contributed by atoms with van der Waals surface area (Å²) in [6.45, 7) is 6.63. The van der Waals surface area contributed by atoms with Gasteiger partial charge in [-0.1, -0.05) is 12.8 Å². The highest BCUT2D eigenvalue weighted by Crippen LogP contribution is 2.22. The van der Waals surface area contributed by atoms with Gasteiger partial charge in [0.1, 0.15) is 12.4 Å². The summed E-state index contributed by atoms with van der Waals surface area (Å²) < 4.78 is 1.81. The van der Waals surface area contributed by atoms with Gasteiger partial charge in [-0.3, -0.25) is 14.5 Å². The van der Waals surface area contributed by atoms with Crippen LogP contribution in [0.2, 0.25) is 0 Å². The SMILES string of the molecule is Cc1cc2n(n1)CCC(=O)N2CC(=O)NCCCN1CCCCCC1. The highest BCUT2D eigenvalue weighted by Gasteiger charge is 2.27. The van der Waals surface area contributed by atoms with Gasteiger partial charge in [0.15, 0.2) is 0 Å². The van der Waals surface area contributed by atoms with Crippen LogP contribution in [0, 0.1) is 6.92 Å². The van der Waals surface area contributed by atoms with Crippen LogP contribution in [-0.4, -0.2) is 59.2 Å². The van der Waals surface area contributed by atoms with Gasteiger partial charge >= 0.3 is 0 Å². The van der Waals surface area contributed by atoms with E-state index >= 15 is 0 Å². The maximum Gasteiger partial charge on any atom is 0.240 e. The summed E-state index contributed by atoms with van der Waals surface area (Å²) in [5.74, 6) is 0.622. The minimum atomic E-state index is -0.100. The monoisotopic (exact) mass is 347 g/mol. The van der Waals surface area contributed by atoms with Crippen LogP contribution in [-0.2, 0) is 16.1 Å². The Morgan fingerprint density at radius 2 is 1.96 bits per heavy atom. The van der Waals surface area contributed by atoms with Gasteiger partial charge in [-0.15, -0.1) is 0 Å². The summed E-state index contributed by atoms with van der Waals surface area (Å²) in [5.41, 5.74) is 0.868. The molecule has 0 atom stereocenters. The minimum absolute atomic E-state index is 0.00730. The van der Waals surface area contributed by atoms with E-state index in [1.807, 2.05) is 17.7 Å². The summed E-state index contributed by atoms with van der Waals surface area (Å²) in [7, 11) is 0. The number of likely N-dealkylation sites (tertiary alicyclic amines) is 1. The van der Waals surface area contributed by atoms with Crippen molar-refractivity contribution in [1.82, 2.24) is 20.0 Å². The number of aryl methyl sites for hydroxylation is 2. The molecule has 0 radical (unpaired) electrons. The van der Waals surface area contributed by atoms with E-state index in [9.17, 15) is 9.59 Å². The number of aromatic nitrogens is 2. The van der Waals surface area contributed by atoms with E-state index in [-0.39, 0.29) is 18.4 Å². The summed E-state index contributed by atoms with van der Waals surface area (Å²) >= 11 is 0. The Kier molecular flexibility index (Phi) is 6.07. The molecule has 2 aliphatic heterocycles. The molecule has 3 rings (SSSR count). The van der Waals surface area contributed by atoms with Crippen LogP contribution in [0.5, 0.6) is 0 Å². The molecule has 2 aliphatic rings. The Hall–Kier alpha value is -1.89. The van der Waals surface area contributed by atoms with E-state index in [2.05, 4.69) is 15.3 Å². The van der Waals surface area contributed by atoms with Crippen LogP contribution >= 0.6 is 0 Å². The zero-order valence-electron chi connectivity index (χ0n) is 15.2. The van der Waals surface area contributed by atoms with Crippen molar-refractivity contribution >= 4 is 17.6 Å². The normalized spacial score (nSPS) is 18.8. The van der Waals surface area contributed by atoms with Crippen LogP contribution < -0.4 is 10.2 Å². The molecule has 25 heavy (non-hydrogen) atoms. The van der Waals surface area contributed by atoms with Gasteiger partial charge < -0.3 is 10.2 Å². The molecule has 3 heterocycles. The first-order valence-corrected chi connectivity index (χ1v) is 9.47. The molecular weight excluding hydrogens is 318 g/mol. The van der Waals surface area contributed by atoms with Crippen LogP contribution in [0.15, 0.2) is 6.07 Å². The first-order valence-electron chi connectivity index (χ1n) is 9.47. The molecule has 0 bridgehead atoms. The second-order valence-electron chi connectivity index (χ2n) is 7.06. The number of nitrogens with one attached hydrogen (secondary N) is 1. The Bertz CT molecular complexity index is 605. The van der Waals surface area contributed by atoms with E-state index in [1.165, 1.54) is 38.8 Å². The highest BCUT2D eigenvalue weighted by atomic mass is 16.2. The largest absolute Gasteiger partial charge is 0.354 e. The van der Waals surface area contributed by atoms with Gasteiger partial charge in [0.05, 0.1) is 12.2 Å². The number of fused-ring (bicyclic) bond motifs is 1. The fourth-order valence-electron chi connectivity index (χ4n) is 3.64. The molecule has 1 fully saturated rings. The van der Waals surface area contributed by atoms with Crippen LogP contribution in [0.3, 0.4) is 0 Å². The molecule has 1 saturated heterocycles.